The van der Waals surface area contributed by atoms with Crippen molar-refractivity contribution in [1.29, 1.82) is 0 Å². The van der Waals surface area contributed by atoms with E-state index in [0.717, 1.165) is 37.3 Å². The molecule has 1 saturated carbocycles. The van der Waals surface area contributed by atoms with E-state index >= 15 is 0 Å². The van der Waals surface area contributed by atoms with Crippen LogP contribution < -0.4 is 5.32 Å². The van der Waals surface area contributed by atoms with Crippen LogP contribution in [0.15, 0.2) is 4.42 Å². The summed E-state index contributed by atoms with van der Waals surface area (Å²) in [5.74, 6) is 1.53. The van der Waals surface area contributed by atoms with Crippen molar-refractivity contribution in [2.24, 2.45) is 11.8 Å². The number of hydrogen-bond donors (Lipinski definition) is 1. The van der Waals surface area contributed by atoms with Crippen LogP contribution in [0, 0.1) is 11.8 Å². The third kappa shape index (κ3) is 3.41. The highest BCUT2D eigenvalue weighted by molar-refractivity contribution is 5.90. The zero-order chi connectivity index (χ0) is 16.6. The lowest BCUT2D eigenvalue weighted by molar-refractivity contribution is -0.137. The van der Waals surface area contributed by atoms with Crippen molar-refractivity contribution in [3.8, 4) is 0 Å². The van der Waals surface area contributed by atoms with Gasteiger partial charge in [0, 0.05) is 12.0 Å². The fourth-order valence-electron chi connectivity index (χ4n) is 3.38. The largest absolute Gasteiger partial charge is 0.435 e. The van der Waals surface area contributed by atoms with Gasteiger partial charge in [0.25, 0.3) is 5.89 Å². The number of aromatic nitrogens is 1. The summed E-state index contributed by atoms with van der Waals surface area (Å²) >= 11 is 0. The summed E-state index contributed by atoms with van der Waals surface area (Å²) in [5.41, 5.74) is 0.719. The van der Waals surface area contributed by atoms with Gasteiger partial charge < -0.3 is 14.6 Å². The van der Waals surface area contributed by atoms with Crippen molar-refractivity contribution in [2.45, 2.75) is 65.6 Å². The molecule has 1 aromatic heterocycles. The van der Waals surface area contributed by atoms with Gasteiger partial charge >= 0.3 is 5.91 Å². The molecule has 0 atom stereocenters. The summed E-state index contributed by atoms with van der Waals surface area (Å²) in [6.07, 6.45) is 4.22. The van der Waals surface area contributed by atoms with E-state index in [1.807, 2.05) is 18.7 Å². The van der Waals surface area contributed by atoms with Crippen LogP contribution in [-0.4, -0.2) is 27.7 Å². The van der Waals surface area contributed by atoms with Gasteiger partial charge in [0.1, 0.15) is 11.5 Å². The van der Waals surface area contributed by atoms with Crippen LogP contribution in [0.25, 0.3) is 0 Å². The second kappa shape index (κ2) is 6.34. The van der Waals surface area contributed by atoms with E-state index in [1.165, 1.54) is 0 Å². The Morgan fingerprint density at radius 1 is 1.22 bits per heavy atom. The molecule has 0 bridgehead atoms. The van der Waals surface area contributed by atoms with Crippen molar-refractivity contribution < 1.29 is 14.0 Å². The highest BCUT2D eigenvalue weighted by Gasteiger charge is 2.34. The maximum Gasteiger partial charge on any atom is 0.307 e. The van der Waals surface area contributed by atoms with Gasteiger partial charge in [-0.25, -0.2) is 4.98 Å². The van der Waals surface area contributed by atoms with Crippen LogP contribution in [0.3, 0.4) is 0 Å². The van der Waals surface area contributed by atoms with Crippen molar-refractivity contribution in [2.75, 3.05) is 0 Å². The molecule has 0 unspecified atom stereocenters. The first-order valence-electron chi connectivity index (χ1n) is 8.52. The molecule has 6 nitrogen and oxygen atoms in total. The topological polar surface area (TPSA) is 75.4 Å². The molecule has 1 aliphatic heterocycles. The lowest BCUT2D eigenvalue weighted by Gasteiger charge is -2.28. The SMILES string of the molecule is CC1CCC(C(=O)N2Cc3nc(C(=O)NC(C)C)oc3C2)CC1. The summed E-state index contributed by atoms with van der Waals surface area (Å²) < 4.78 is 5.56. The molecule has 0 radical (unpaired) electrons. The first-order valence-corrected chi connectivity index (χ1v) is 8.52. The molecule has 0 saturated heterocycles. The number of nitrogens with zero attached hydrogens (tertiary/aromatic N) is 2. The minimum atomic E-state index is -0.298. The monoisotopic (exact) mass is 319 g/mol. The second-order valence-corrected chi connectivity index (χ2v) is 7.17. The number of carbonyl (C=O) groups excluding carboxylic acids is 2. The van der Waals surface area contributed by atoms with Crippen molar-refractivity contribution in [3.63, 3.8) is 0 Å². The van der Waals surface area contributed by atoms with Gasteiger partial charge in [0.05, 0.1) is 13.1 Å². The summed E-state index contributed by atoms with van der Waals surface area (Å²) in [6.45, 7) is 6.92. The molecule has 2 amide bonds. The maximum absolute atomic E-state index is 12.6. The maximum atomic E-state index is 12.6. The van der Waals surface area contributed by atoms with Crippen molar-refractivity contribution >= 4 is 11.8 Å². The highest BCUT2D eigenvalue weighted by atomic mass is 16.4. The molecule has 1 fully saturated rings. The second-order valence-electron chi connectivity index (χ2n) is 7.17. The van der Waals surface area contributed by atoms with Gasteiger partial charge in [-0.05, 0) is 45.4 Å². The molecule has 1 N–H and O–H groups in total. The Kier molecular flexibility index (Phi) is 4.41. The zero-order valence-electron chi connectivity index (χ0n) is 14.1. The Hall–Kier alpha value is -1.85. The highest BCUT2D eigenvalue weighted by Crippen LogP contribution is 2.32. The van der Waals surface area contributed by atoms with Crippen molar-refractivity contribution in [3.05, 3.63) is 17.3 Å². The summed E-state index contributed by atoms with van der Waals surface area (Å²) in [4.78, 5) is 30.6. The van der Waals surface area contributed by atoms with E-state index in [-0.39, 0.29) is 29.7 Å². The summed E-state index contributed by atoms with van der Waals surface area (Å²) in [7, 11) is 0. The van der Waals surface area contributed by atoms with Gasteiger partial charge in [-0.2, -0.15) is 0 Å². The lowest BCUT2D eigenvalue weighted by Crippen LogP contribution is -2.34. The van der Waals surface area contributed by atoms with Crippen LogP contribution in [-0.2, 0) is 17.9 Å². The average molecular weight is 319 g/mol. The Balaban J connectivity index is 1.60. The van der Waals surface area contributed by atoms with Crippen LogP contribution in [0.5, 0.6) is 0 Å². The number of rotatable bonds is 3. The minimum absolute atomic E-state index is 0.0380. The summed E-state index contributed by atoms with van der Waals surface area (Å²) in [6, 6.07) is 0.0380. The normalized spacial score (nSPS) is 23.9. The molecule has 126 valence electrons. The van der Waals surface area contributed by atoms with Crippen LogP contribution >= 0.6 is 0 Å². The molecule has 3 rings (SSSR count). The number of amides is 2. The number of nitrogens with one attached hydrogen (secondary N) is 1. The minimum Gasteiger partial charge on any atom is -0.435 e. The van der Waals surface area contributed by atoms with E-state index in [9.17, 15) is 9.59 Å². The Labute approximate surface area is 136 Å². The number of carbonyl (C=O) groups is 2. The average Bonchev–Trinajstić information content (AvgIpc) is 3.05. The van der Waals surface area contributed by atoms with Crippen LogP contribution in [0.2, 0.25) is 0 Å². The van der Waals surface area contributed by atoms with Gasteiger partial charge in [-0.3, -0.25) is 9.59 Å². The molecule has 0 spiro atoms. The van der Waals surface area contributed by atoms with E-state index in [2.05, 4.69) is 17.2 Å². The lowest BCUT2D eigenvalue weighted by atomic mass is 9.82. The molecule has 1 aliphatic carbocycles. The molecule has 1 aromatic rings. The van der Waals surface area contributed by atoms with Crippen molar-refractivity contribution in [1.82, 2.24) is 15.2 Å². The molecule has 23 heavy (non-hydrogen) atoms. The third-order valence-electron chi connectivity index (χ3n) is 4.74. The predicted octanol–water partition coefficient (Wildman–Crippen LogP) is 2.48. The molecule has 6 heteroatoms. The number of hydrogen-bond acceptors (Lipinski definition) is 4. The summed E-state index contributed by atoms with van der Waals surface area (Å²) in [5, 5.41) is 2.76. The standard InChI is InChI=1S/C17H25N3O3/c1-10(2)18-15(21)16-19-13-8-20(9-14(13)23-16)17(22)12-6-4-11(3)5-7-12/h10-12H,4-9H2,1-3H3,(H,18,21). The third-order valence-corrected chi connectivity index (χ3v) is 4.74. The molecule has 2 aliphatic rings. The first kappa shape index (κ1) is 16.0. The first-order chi connectivity index (χ1) is 10.9. The molecular formula is C17H25N3O3. The number of fused-ring (bicyclic) bond motifs is 1. The van der Waals surface area contributed by atoms with E-state index in [0.29, 0.717) is 18.8 Å². The van der Waals surface area contributed by atoms with Gasteiger partial charge in [0.2, 0.25) is 5.91 Å². The fourth-order valence-corrected chi connectivity index (χ4v) is 3.38. The van der Waals surface area contributed by atoms with Gasteiger partial charge in [-0.1, -0.05) is 6.92 Å². The van der Waals surface area contributed by atoms with E-state index in [1.54, 1.807) is 0 Å². The number of oxazole rings is 1. The molecule has 2 heterocycles. The Bertz CT molecular complexity index is 577. The van der Waals surface area contributed by atoms with Gasteiger partial charge in [-0.15, -0.1) is 0 Å². The quantitative estimate of drug-likeness (QED) is 0.928. The van der Waals surface area contributed by atoms with E-state index < -0.39 is 0 Å². The molecule has 0 aromatic carbocycles. The molecular weight excluding hydrogens is 294 g/mol. The Morgan fingerprint density at radius 3 is 2.52 bits per heavy atom. The zero-order valence-corrected chi connectivity index (χ0v) is 14.1. The van der Waals surface area contributed by atoms with Gasteiger partial charge in [0.15, 0.2) is 0 Å². The predicted molar refractivity (Wildman–Crippen MR) is 84.5 cm³/mol. The fraction of sp³-hybridized carbons (Fsp3) is 0.706. The van der Waals surface area contributed by atoms with Crippen LogP contribution in [0.4, 0.5) is 0 Å². The van der Waals surface area contributed by atoms with Crippen LogP contribution in [0.1, 0.15) is 68.6 Å². The smallest absolute Gasteiger partial charge is 0.307 e. The Morgan fingerprint density at radius 2 is 1.91 bits per heavy atom. The van der Waals surface area contributed by atoms with E-state index in [4.69, 9.17) is 4.42 Å².